The van der Waals surface area contributed by atoms with Gasteiger partial charge in [-0.2, -0.15) is 0 Å². The molecule has 0 bridgehead atoms. The summed E-state index contributed by atoms with van der Waals surface area (Å²) in [4.78, 5) is 23.9. The number of H-pyrrole nitrogens is 2. The number of nitrogens with one attached hydrogen (secondary N) is 2. The van der Waals surface area contributed by atoms with Crippen molar-refractivity contribution >= 4 is 11.0 Å². The molecular weight excluding hydrogens is 228 g/mol. The summed E-state index contributed by atoms with van der Waals surface area (Å²) in [7, 11) is 0. The van der Waals surface area contributed by atoms with Crippen LogP contribution in [0.5, 0.6) is 0 Å². The summed E-state index contributed by atoms with van der Waals surface area (Å²) < 4.78 is 0. The number of hydrogen-bond donors (Lipinski definition) is 2. The van der Waals surface area contributed by atoms with Crippen molar-refractivity contribution in [2.45, 2.75) is 26.3 Å². The first kappa shape index (κ1) is 11.5. The molecular formula is C13H18N4O. The van der Waals surface area contributed by atoms with E-state index in [1.54, 1.807) is 0 Å². The highest BCUT2D eigenvalue weighted by Crippen LogP contribution is 2.22. The largest absolute Gasteiger partial charge is 0.355 e. The first-order valence-corrected chi connectivity index (χ1v) is 6.54. The van der Waals surface area contributed by atoms with Crippen LogP contribution in [0.1, 0.15) is 25.3 Å². The van der Waals surface area contributed by atoms with Crippen LogP contribution in [0.3, 0.4) is 0 Å². The lowest BCUT2D eigenvalue weighted by atomic mass is 10.1. The third-order valence-electron chi connectivity index (χ3n) is 3.89. The van der Waals surface area contributed by atoms with Crippen molar-refractivity contribution in [1.82, 2.24) is 19.9 Å². The van der Waals surface area contributed by atoms with E-state index in [0.717, 1.165) is 36.6 Å². The summed E-state index contributed by atoms with van der Waals surface area (Å²) in [5.74, 6) is 0.826. The molecule has 1 aliphatic heterocycles. The van der Waals surface area contributed by atoms with Gasteiger partial charge in [-0.1, -0.05) is 13.3 Å². The summed E-state index contributed by atoms with van der Waals surface area (Å²) in [6, 6.07) is 0. The Kier molecular flexibility index (Phi) is 2.91. The summed E-state index contributed by atoms with van der Waals surface area (Å²) in [5.41, 5.74) is 2.41. The second-order valence-electron chi connectivity index (χ2n) is 5.07. The molecule has 0 aliphatic carbocycles. The predicted molar refractivity (Wildman–Crippen MR) is 70.4 cm³/mol. The van der Waals surface area contributed by atoms with E-state index in [1.807, 2.05) is 6.20 Å². The van der Waals surface area contributed by atoms with Crippen LogP contribution >= 0.6 is 0 Å². The van der Waals surface area contributed by atoms with E-state index in [0.29, 0.717) is 5.52 Å². The Morgan fingerprint density at radius 2 is 2.39 bits per heavy atom. The zero-order valence-electron chi connectivity index (χ0n) is 10.6. The average molecular weight is 246 g/mol. The zero-order chi connectivity index (χ0) is 12.5. The van der Waals surface area contributed by atoms with E-state index >= 15 is 0 Å². The molecule has 1 saturated heterocycles. The lowest BCUT2D eigenvalue weighted by molar-refractivity contribution is 0.316. The van der Waals surface area contributed by atoms with Gasteiger partial charge in [0.1, 0.15) is 5.52 Å². The van der Waals surface area contributed by atoms with Gasteiger partial charge in [0.2, 0.25) is 0 Å². The molecule has 0 amide bonds. The standard InChI is InChI=1S/C13H18N4O/c1-2-9-3-4-17(6-9)7-10-5-14-12-11(10)15-8-16-13(12)18/h5,8-9,14H,2-4,6-7H2,1H3,(H,15,16,18)/t9-/m1/s1. The van der Waals surface area contributed by atoms with Crippen LogP contribution in [0.2, 0.25) is 0 Å². The zero-order valence-corrected chi connectivity index (χ0v) is 10.6. The van der Waals surface area contributed by atoms with E-state index < -0.39 is 0 Å². The molecule has 5 heteroatoms. The highest BCUT2D eigenvalue weighted by molar-refractivity contribution is 5.77. The smallest absolute Gasteiger partial charge is 0.275 e. The van der Waals surface area contributed by atoms with Crippen molar-refractivity contribution in [3.63, 3.8) is 0 Å². The van der Waals surface area contributed by atoms with Gasteiger partial charge in [0.25, 0.3) is 5.56 Å². The normalized spacial score (nSPS) is 20.8. The number of aromatic nitrogens is 3. The molecule has 0 radical (unpaired) electrons. The van der Waals surface area contributed by atoms with Crippen LogP contribution in [0.4, 0.5) is 0 Å². The highest BCUT2D eigenvalue weighted by atomic mass is 16.1. The molecule has 2 N–H and O–H groups in total. The van der Waals surface area contributed by atoms with E-state index in [4.69, 9.17) is 0 Å². The molecule has 1 aliphatic rings. The van der Waals surface area contributed by atoms with Crippen molar-refractivity contribution in [2.24, 2.45) is 5.92 Å². The molecule has 3 rings (SSSR count). The Labute approximate surface area is 105 Å². The monoisotopic (exact) mass is 246 g/mol. The molecule has 2 aromatic rings. The van der Waals surface area contributed by atoms with E-state index in [9.17, 15) is 4.79 Å². The molecule has 3 heterocycles. The summed E-state index contributed by atoms with van der Waals surface area (Å²) in [6.07, 6.45) is 5.92. The fourth-order valence-corrected chi connectivity index (χ4v) is 2.76. The molecule has 0 aromatic carbocycles. The first-order chi connectivity index (χ1) is 8.78. The van der Waals surface area contributed by atoms with Crippen molar-refractivity contribution in [2.75, 3.05) is 13.1 Å². The Bertz CT molecular complexity index is 600. The van der Waals surface area contributed by atoms with E-state index in [1.165, 1.54) is 19.2 Å². The molecule has 0 saturated carbocycles. The lowest BCUT2D eigenvalue weighted by Gasteiger charge is -2.14. The minimum atomic E-state index is -0.0980. The van der Waals surface area contributed by atoms with Gasteiger partial charge < -0.3 is 9.97 Å². The van der Waals surface area contributed by atoms with Gasteiger partial charge in [0.15, 0.2) is 0 Å². The number of fused-ring (bicyclic) bond motifs is 1. The van der Waals surface area contributed by atoms with Gasteiger partial charge in [-0.15, -0.1) is 0 Å². The van der Waals surface area contributed by atoms with Crippen molar-refractivity contribution < 1.29 is 0 Å². The maximum absolute atomic E-state index is 11.6. The number of hydrogen-bond acceptors (Lipinski definition) is 3. The SMILES string of the molecule is CC[C@@H]1CCN(Cc2c[nH]c3c(=O)[nH]cnc23)C1. The van der Waals surface area contributed by atoms with Crippen molar-refractivity contribution in [3.05, 3.63) is 28.4 Å². The number of likely N-dealkylation sites (tertiary alicyclic amines) is 1. The summed E-state index contributed by atoms with van der Waals surface area (Å²) in [6.45, 7) is 5.44. The fraction of sp³-hybridized carbons (Fsp3) is 0.538. The quantitative estimate of drug-likeness (QED) is 0.862. The highest BCUT2D eigenvalue weighted by Gasteiger charge is 2.22. The molecule has 1 fully saturated rings. The van der Waals surface area contributed by atoms with Gasteiger partial charge in [-0.25, -0.2) is 4.98 Å². The second-order valence-corrected chi connectivity index (χ2v) is 5.07. The van der Waals surface area contributed by atoms with Gasteiger partial charge >= 0.3 is 0 Å². The Balaban J connectivity index is 1.83. The molecule has 18 heavy (non-hydrogen) atoms. The molecule has 2 aromatic heterocycles. The molecule has 0 unspecified atom stereocenters. The Morgan fingerprint density at radius 3 is 3.17 bits per heavy atom. The Morgan fingerprint density at radius 1 is 1.50 bits per heavy atom. The maximum atomic E-state index is 11.6. The van der Waals surface area contributed by atoms with Gasteiger partial charge in [0, 0.05) is 24.8 Å². The third-order valence-corrected chi connectivity index (χ3v) is 3.89. The molecule has 96 valence electrons. The third kappa shape index (κ3) is 1.95. The predicted octanol–water partition coefficient (Wildman–Crippen LogP) is 1.48. The number of rotatable bonds is 3. The fourth-order valence-electron chi connectivity index (χ4n) is 2.76. The lowest BCUT2D eigenvalue weighted by Crippen LogP contribution is -2.20. The minimum Gasteiger partial charge on any atom is -0.355 e. The topological polar surface area (TPSA) is 64.8 Å². The molecule has 5 nitrogen and oxygen atoms in total. The maximum Gasteiger partial charge on any atom is 0.275 e. The van der Waals surface area contributed by atoms with Gasteiger partial charge in [0.05, 0.1) is 11.8 Å². The van der Waals surface area contributed by atoms with E-state index in [-0.39, 0.29) is 5.56 Å². The van der Waals surface area contributed by atoms with E-state index in [2.05, 4.69) is 26.8 Å². The van der Waals surface area contributed by atoms with Crippen LogP contribution in [0.25, 0.3) is 11.0 Å². The van der Waals surface area contributed by atoms with Gasteiger partial charge in [-0.05, 0) is 18.9 Å². The van der Waals surface area contributed by atoms with Crippen LogP contribution < -0.4 is 5.56 Å². The van der Waals surface area contributed by atoms with Crippen LogP contribution in [0, 0.1) is 5.92 Å². The molecule has 1 atom stereocenters. The second kappa shape index (κ2) is 4.57. The van der Waals surface area contributed by atoms with Crippen LogP contribution in [-0.2, 0) is 6.54 Å². The average Bonchev–Trinajstić information content (AvgIpc) is 2.98. The number of aromatic amines is 2. The van der Waals surface area contributed by atoms with Crippen LogP contribution in [-0.4, -0.2) is 32.9 Å². The Hall–Kier alpha value is -1.62. The van der Waals surface area contributed by atoms with Crippen LogP contribution in [0.15, 0.2) is 17.3 Å². The minimum absolute atomic E-state index is 0.0980. The molecule has 0 spiro atoms. The summed E-state index contributed by atoms with van der Waals surface area (Å²) in [5, 5.41) is 0. The summed E-state index contributed by atoms with van der Waals surface area (Å²) >= 11 is 0. The van der Waals surface area contributed by atoms with Crippen molar-refractivity contribution in [1.29, 1.82) is 0 Å². The number of nitrogens with zero attached hydrogens (tertiary/aromatic N) is 2. The van der Waals surface area contributed by atoms with Gasteiger partial charge in [-0.3, -0.25) is 9.69 Å². The van der Waals surface area contributed by atoms with Crippen molar-refractivity contribution in [3.8, 4) is 0 Å². The first-order valence-electron chi connectivity index (χ1n) is 6.54.